The highest BCUT2D eigenvalue weighted by molar-refractivity contribution is 7.17. The molecule has 0 saturated heterocycles. The van der Waals surface area contributed by atoms with Gasteiger partial charge in [-0.1, -0.05) is 36.8 Å². The summed E-state index contributed by atoms with van der Waals surface area (Å²) in [4.78, 5) is 8.21. The number of aryl methyl sites for hydroxylation is 1. The average Bonchev–Trinajstić information content (AvgIpc) is 3.11. The molecule has 1 aromatic carbocycles. The lowest BCUT2D eigenvalue weighted by Gasteiger charge is -2.27. The fraction of sp³-hybridized carbons (Fsp3) is 0.444. The maximum absolute atomic E-state index is 10.7. The number of hydrogen-bond donors (Lipinski definition) is 1. The van der Waals surface area contributed by atoms with Gasteiger partial charge in [0.15, 0.2) is 0 Å². The third-order valence-electron chi connectivity index (χ3n) is 4.27. The summed E-state index contributed by atoms with van der Waals surface area (Å²) < 4.78 is 6.91. The Hall–Kier alpha value is -2.12. The zero-order valence-corrected chi connectivity index (χ0v) is 15.9. The number of aromatic hydroxyl groups is 1. The number of nitrogens with zero attached hydrogens (tertiary/aromatic N) is 4. The van der Waals surface area contributed by atoms with E-state index in [0.29, 0.717) is 10.8 Å². The van der Waals surface area contributed by atoms with E-state index in [4.69, 9.17) is 4.74 Å². The van der Waals surface area contributed by atoms with Crippen LogP contribution in [0.2, 0.25) is 0 Å². The number of hydrogen-bond acceptors (Lipinski definition) is 6. The average molecular weight is 360 g/mol. The van der Waals surface area contributed by atoms with Gasteiger partial charge in [-0.25, -0.2) is 4.98 Å². The molecule has 0 fully saturated rings. The highest BCUT2D eigenvalue weighted by Gasteiger charge is 2.27. The first-order valence-corrected chi connectivity index (χ1v) is 9.26. The van der Waals surface area contributed by atoms with Crippen molar-refractivity contribution in [3.05, 3.63) is 40.5 Å². The lowest BCUT2D eigenvalue weighted by Crippen LogP contribution is -2.26. The third-order valence-corrected chi connectivity index (χ3v) is 5.34. The highest BCUT2D eigenvalue weighted by atomic mass is 32.1. The SMILES string of the molecule is CCCCN(C)C(c1cccc(OC)c1)c1sc2nc(C)nn2c1O. The lowest BCUT2D eigenvalue weighted by molar-refractivity contribution is 0.270. The van der Waals surface area contributed by atoms with Gasteiger partial charge in [0.25, 0.3) is 0 Å². The summed E-state index contributed by atoms with van der Waals surface area (Å²) in [5.74, 6) is 1.63. The summed E-state index contributed by atoms with van der Waals surface area (Å²) in [5, 5.41) is 15.0. The van der Waals surface area contributed by atoms with E-state index in [1.165, 1.54) is 15.9 Å². The molecular weight excluding hydrogens is 336 g/mol. The lowest BCUT2D eigenvalue weighted by atomic mass is 10.0. The van der Waals surface area contributed by atoms with Gasteiger partial charge in [-0.2, -0.15) is 4.52 Å². The van der Waals surface area contributed by atoms with Gasteiger partial charge in [0.05, 0.1) is 18.0 Å². The van der Waals surface area contributed by atoms with E-state index in [-0.39, 0.29) is 11.9 Å². The molecule has 0 aliphatic rings. The topological polar surface area (TPSA) is 62.9 Å². The maximum Gasteiger partial charge on any atom is 0.230 e. The van der Waals surface area contributed by atoms with Crippen LogP contribution in [0.15, 0.2) is 24.3 Å². The zero-order chi connectivity index (χ0) is 18.0. The number of rotatable bonds is 7. The van der Waals surface area contributed by atoms with Gasteiger partial charge >= 0.3 is 0 Å². The Morgan fingerprint density at radius 2 is 2.20 bits per heavy atom. The van der Waals surface area contributed by atoms with Crippen molar-refractivity contribution in [1.29, 1.82) is 0 Å². The molecule has 0 aliphatic carbocycles. The number of fused-ring (bicyclic) bond motifs is 1. The van der Waals surface area contributed by atoms with Crippen LogP contribution >= 0.6 is 11.3 Å². The summed E-state index contributed by atoms with van der Waals surface area (Å²) in [6.07, 6.45) is 2.22. The largest absolute Gasteiger partial charge is 0.497 e. The van der Waals surface area contributed by atoms with Crippen LogP contribution in [0.4, 0.5) is 0 Å². The minimum atomic E-state index is -0.0737. The smallest absolute Gasteiger partial charge is 0.230 e. The van der Waals surface area contributed by atoms with Gasteiger partial charge in [0.2, 0.25) is 10.8 Å². The number of unbranched alkanes of at least 4 members (excludes halogenated alkanes) is 1. The molecule has 0 bridgehead atoms. The van der Waals surface area contributed by atoms with Crippen LogP contribution < -0.4 is 4.74 Å². The molecule has 0 spiro atoms. The van der Waals surface area contributed by atoms with E-state index in [1.807, 2.05) is 25.1 Å². The Kier molecular flexibility index (Phi) is 5.24. The second kappa shape index (κ2) is 7.41. The molecule has 7 heteroatoms. The van der Waals surface area contributed by atoms with Gasteiger partial charge < -0.3 is 9.84 Å². The van der Waals surface area contributed by atoms with E-state index in [2.05, 4.69) is 35.0 Å². The first-order chi connectivity index (χ1) is 12.0. The predicted molar refractivity (Wildman–Crippen MR) is 99.6 cm³/mol. The molecular formula is C18H24N4O2S. The molecule has 1 N–H and O–H groups in total. The standard InChI is InChI=1S/C18H24N4O2S/c1-5-6-10-21(3)15(13-8-7-9-14(11-13)24-4)16-17(23)22-18(25-16)19-12(2)20-22/h7-9,11,15,23H,5-6,10H2,1-4H3. The molecule has 3 aromatic rings. The molecule has 2 aromatic heterocycles. The van der Waals surface area contributed by atoms with E-state index in [0.717, 1.165) is 35.6 Å². The molecule has 1 atom stereocenters. The monoisotopic (exact) mass is 360 g/mol. The van der Waals surface area contributed by atoms with E-state index < -0.39 is 0 Å². The second-order valence-corrected chi connectivity index (χ2v) is 7.17. The molecule has 134 valence electrons. The van der Waals surface area contributed by atoms with Crippen molar-refractivity contribution in [2.75, 3.05) is 20.7 Å². The summed E-state index contributed by atoms with van der Waals surface area (Å²) in [7, 11) is 3.75. The van der Waals surface area contributed by atoms with Crippen LogP contribution in [-0.2, 0) is 0 Å². The van der Waals surface area contributed by atoms with Gasteiger partial charge in [-0.3, -0.25) is 4.90 Å². The van der Waals surface area contributed by atoms with Crippen molar-refractivity contribution < 1.29 is 9.84 Å². The van der Waals surface area contributed by atoms with Crippen LogP contribution in [0.5, 0.6) is 11.6 Å². The Bertz CT molecular complexity index is 858. The first kappa shape index (κ1) is 17.7. The number of ether oxygens (including phenoxy) is 1. The van der Waals surface area contributed by atoms with Crippen molar-refractivity contribution in [3.63, 3.8) is 0 Å². The van der Waals surface area contributed by atoms with Gasteiger partial charge in [0, 0.05) is 0 Å². The van der Waals surface area contributed by atoms with Crippen molar-refractivity contribution in [2.45, 2.75) is 32.7 Å². The van der Waals surface area contributed by atoms with E-state index in [1.54, 1.807) is 7.11 Å². The third kappa shape index (κ3) is 3.48. The zero-order valence-electron chi connectivity index (χ0n) is 15.1. The number of benzene rings is 1. The quantitative estimate of drug-likeness (QED) is 0.697. The van der Waals surface area contributed by atoms with Crippen LogP contribution in [0.25, 0.3) is 4.96 Å². The molecule has 6 nitrogen and oxygen atoms in total. The van der Waals surface area contributed by atoms with Crippen LogP contribution in [0.3, 0.4) is 0 Å². The molecule has 0 amide bonds. The van der Waals surface area contributed by atoms with Crippen LogP contribution in [-0.4, -0.2) is 45.3 Å². The fourth-order valence-corrected chi connectivity index (χ4v) is 4.17. The van der Waals surface area contributed by atoms with Crippen molar-refractivity contribution in [3.8, 4) is 11.6 Å². The summed E-state index contributed by atoms with van der Waals surface area (Å²) in [5.41, 5.74) is 1.08. The minimum Gasteiger partial charge on any atom is -0.497 e. The normalized spacial score (nSPS) is 12.8. The molecule has 3 rings (SSSR count). The molecule has 1 unspecified atom stereocenters. The highest BCUT2D eigenvalue weighted by Crippen LogP contribution is 2.40. The second-order valence-electron chi connectivity index (χ2n) is 6.16. The summed E-state index contributed by atoms with van der Waals surface area (Å²) in [6, 6.07) is 7.92. The maximum atomic E-state index is 10.7. The number of methoxy groups -OCH3 is 1. The molecule has 2 heterocycles. The summed E-state index contributed by atoms with van der Waals surface area (Å²) >= 11 is 1.48. The van der Waals surface area contributed by atoms with Crippen LogP contribution in [0, 0.1) is 6.92 Å². The fourth-order valence-electron chi connectivity index (χ4n) is 2.98. The van der Waals surface area contributed by atoms with Crippen molar-refractivity contribution >= 4 is 16.3 Å². The molecule has 0 radical (unpaired) electrons. The van der Waals surface area contributed by atoms with Gasteiger partial charge in [-0.05, 0) is 44.6 Å². The Morgan fingerprint density at radius 3 is 2.88 bits per heavy atom. The van der Waals surface area contributed by atoms with Gasteiger partial charge in [-0.15, -0.1) is 5.10 Å². The van der Waals surface area contributed by atoms with Crippen LogP contribution in [0.1, 0.15) is 42.1 Å². The summed E-state index contributed by atoms with van der Waals surface area (Å²) in [6.45, 7) is 4.94. The van der Waals surface area contributed by atoms with Crippen molar-refractivity contribution in [1.82, 2.24) is 19.5 Å². The Labute approximate surface area is 151 Å². The first-order valence-electron chi connectivity index (χ1n) is 8.44. The Morgan fingerprint density at radius 1 is 1.40 bits per heavy atom. The number of thiazole rings is 1. The predicted octanol–water partition coefficient (Wildman–Crippen LogP) is 3.63. The minimum absolute atomic E-state index is 0.0737. The molecule has 25 heavy (non-hydrogen) atoms. The molecule has 0 saturated carbocycles. The number of aromatic nitrogens is 3. The van der Waals surface area contributed by atoms with E-state index in [9.17, 15) is 5.11 Å². The molecule has 0 aliphatic heterocycles. The Balaban J connectivity index is 2.08. The van der Waals surface area contributed by atoms with Gasteiger partial charge in [0.1, 0.15) is 11.6 Å². The van der Waals surface area contributed by atoms with Crippen molar-refractivity contribution in [2.24, 2.45) is 0 Å². The van der Waals surface area contributed by atoms with E-state index >= 15 is 0 Å².